The number of nitrogens with zero attached hydrogens (tertiary/aromatic N) is 2. The molecule has 0 saturated carbocycles. The van der Waals surface area contributed by atoms with Crippen molar-refractivity contribution in [2.45, 2.75) is 19.4 Å². The summed E-state index contributed by atoms with van der Waals surface area (Å²) in [5, 5.41) is 6.56. The van der Waals surface area contributed by atoms with Crippen LogP contribution in [0, 0.1) is 11.7 Å². The maximum Gasteiger partial charge on any atom is 0.326 e. The first-order chi connectivity index (χ1) is 16.5. The van der Waals surface area contributed by atoms with E-state index in [2.05, 4.69) is 20.6 Å². The number of hydrogen-bond donors (Lipinski definition) is 3. The van der Waals surface area contributed by atoms with E-state index in [-0.39, 0.29) is 29.9 Å². The van der Waals surface area contributed by atoms with Gasteiger partial charge in [-0.25, -0.2) is 14.2 Å². The van der Waals surface area contributed by atoms with E-state index in [4.69, 9.17) is 11.6 Å². The number of piperidine rings is 1. The zero-order valence-corrected chi connectivity index (χ0v) is 19.0. The minimum atomic E-state index is -0.353. The van der Waals surface area contributed by atoms with Gasteiger partial charge in [-0.05, 0) is 60.8 Å². The molecule has 1 saturated heterocycles. The van der Waals surface area contributed by atoms with E-state index in [0.717, 1.165) is 24.9 Å². The quantitative estimate of drug-likeness (QED) is 0.400. The number of anilines is 1. The lowest BCUT2D eigenvalue weighted by molar-refractivity contribution is -0.120. The lowest BCUT2D eigenvalue weighted by Gasteiger charge is -2.21. The first-order valence-corrected chi connectivity index (χ1v) is 11.5. The lowest BCUT2D eigenvalue weighted by Crippen LogP contribution is -2.37. The topological polar surface area (TPSA) is 91.8 Å². The van der Waals surface area contributed by atoms with Crippen LogP contribution in [0.2, 0.25) is 5.02 Å². The molecule has 1 atom stereocenters. The molecular formula is C25H23ClFN5O2. The standard InChI is InChI=1S/C25H23ClFN5O2/c26-20-13-29-23(31-24(33)17-4-2-8-28-12-17)11-19(20)16-6-7-21-22(10-16)32(25(34)30-21)14-15-3-1-5-18(27)9-15/h1,3,5-7,9-11,13,17,28H,2,4,8,12,14H2,(H,30,34)(H,29,31,33)/t17-/m1/s1. The third-order valence-corrected chi connectivity index (χ3v) is 6.39. The fourth-order valence-electron chi connectivity index (χ4n) is 4.33. The Hall–Kier alpha value is -3.49. The molecule has 7 nitrogen and oxygen atoms in total. The molecule has 1 fully saturated rings. The zero-order valence-electron chi connectivity index (χ0n) is 18.3. The highest BCUT2D eigenvalue weighted by atomic mass is 35.5. The fraction of sp³-hybridized carbons (Fsp3) is 0.240. The van der Waals surface area contributed by atoms with Gasteiger partial charge in [-0.1, -0.05) is 29.8 Å². The smallest absolute Gasteiger partial charge is 0.316 e. The summed E-state index contributed by atoms with van der Waals surface area (Å²) in [6.07, 6.45) is 3.31. The number of fused-ring (bicyclic) bond motifs is 1. The number of rotatable bonds is 5. The third-order valence-electron chi connectivity index (χ3n) is 6.09. The summed E-state index contributed by atoms with van der Waals surface area (Å²) in [5.74, 6) is -0.101. The number of H-pyrrole nitrogens is 1. The molecule has 0 unspecified atom stereocenters. The van der Waals surface area contributed by atoms with E-state index in [1.807, 2.05) is 12.1 Å². The average Bonchev–Trinajstić information content (AvgIpc) is 3.15. The molecule has 3 N–H and O–H groups in total. The van der Waals surface area contributed by atoms with E-state index in [1.165, 1.54) is 18.3 Å². The van der Waals surface area contributed by atoms with Crippen LogP contribution in [0.1, 0.15) is 18.4 Å². The molecule has 1 aliphatic rings. The Morgan fingerprint density at radius 2 is 2.12 bits per heavy atom. The van der Waals surface area contributed by atoms with Crippen molar-refractivity contribution in [1.29, 1.82) is 0 Å². The third kappa shape index (κ3) is 4.60. The number of amides is 1. The number of nitrogens with one attached hydrogen (secondary N) is 3. The normalized spacial score (nSPS) is 16.0. The first-order valence-electron chi connectivity index (χ1n) is 11.1. The van der Waals surface area contributed by atoms with E-state index in [0.29, 0.717) is 39.5 Å². The Morgan fingerprint density at radius 3 is 2.91 bits per heavy atom. The second-order valence-corrected chi connectivity index (χ2v) is 8.87. The van der Waals surface area contributed by atoms with Crippen molar-refractivity contribution >= 4 is 34.4 Å². The summed E-state index contributed by atoms with van der Waals surface area (Å²) < 4.78 is 15.2. The van der Waals surface area contributed by atoms with Crippen molar-refractivity contribution in [2.24, 2.45) is 5.92 Å². The minimum Gasteiger partial charge on any atom is -0.316 e. The minimum absolute atomic E-state index is 0.0713. The predicted octanol–water partition coefficient (Wildman–Crippen LogP) is 4.17. The molecule has 0 bridgehead atoms. The van der Waals surface area contributed by atoms with Gasteiger partial charge in [0.25, 0.3) is 0 Å². The molecular weight excluding hydrogens is 457 g/mol. The van der Waals surface area contributed by atoms with Crippen molar-refractivity contribution in [3.8, 4) is 11.1 Å². The molecule has 2 aromatic carbocycles. The number of imidazole rings is 1. The molecule has 9 heteroatoms. The summed E-state index contributed by atoms with van der Waals surface area (Å²) in [7, 11) is 0. The zero-order chi connectivity index (χ0) is 23.7. The van der Waals surface area contributed by atoms with Crippen LogP contribution >= 0.6 is 11.6 Å². The number of carbonyl (C=O) groups is 1. The molecule has 34 heavy (non-hydrogen) atoms. The first kappa shape index (κ1) is 22.3. The van der Waals surface area contributed by atoms with Crippen molar-refractivity contribution in [3.63, 3.8) is 0 Å². The highest BCUT2D eigenvalue weighted by Gasteiger charge is 2.21. The molecule has 4 aromatic rings. The molecule has 5 rings (SSSR count). The number of halogens is 2. The van der Waals surface area contributed by atoms with E-state index in [1.54, 1.807) is 28.8 Å². The molecule has 3 heterocycles. The highest BCUT2D eigenvalue weighted by molar-refractivity contribution is 6.33. The lowest BCUT2D eigenvalue weighted by atomic mass is 9.99. The largest absolute Gasteiger partial charge is 0.326 e. The van der Waals surface area contributed by atoms with Gasteiger partial charge in [-0.15, -0.1) is 0 Å². The van der Waals surface area contributed by atoms with Gasteiger partial charge in [0.1, 0.15) is 11.6 Å². The van der Waals surface area contributed by atoms with Gasteiger partial charge >= 0.3 is 5.69 Å². The number of hydrogen-bond acceptors (Lipinski definition) is 4. The van der Waals surface area contributed by atoms with Gasteiger partial charge in [-0.2, -0.15) is 0 Å². The second-order valence-electron chi connectivity index (χ2n) is 8.46. The van der Waals surface area contributed by atoms with Crippen LogP contribution in [0.5, 0.6) is 0 Å². The number of aromatic nitrogens is 3. The van der Waals surface area contributed by atoms with Crippen LogP contribution in [0.3, 0.4) is 0 Å². The molecule has 1 aliphatic heterocycles. The Balaban J connectivity index is 1.47. The van der Waals surface area contributed by atoms with Crippen LogP contribution in [-0.4, -0.2) is 33.5 Å². The van der Waals surface area contributed by atoms with Crippen molar-refractivity contribution < 1.29 is 9.18 Å². The summed E-state index contributed by atoms with van der Waals surface area (Å²) >= 11 is 6.46. The number of aromatic amines is 1. The number of carbonyl (C=O) groups excluding carboxylic acids is 1. The van der Waals surface area contributed by atoms with Gasteiger partial charge in [0, 0.05) is 18.3 Å². The maximum absolute atomic E-state index is 13.6. The van der Waals surface area contributed by atoms with Gasteiger partial charge in [0.2, 0.25) is 5.91 Å². The molecule has 0 radical (unpaired) electrons. The van der Waals surface area contributed by atoms with Crippen LogP contribution in [0.25, 0.3) is 22.2 Å². The van der Waals surface area contributed by atoms with E-state index in [9.17, 15) is 14.0 Å². The highest BCUT2D eigenvalue weighted by Crippen LogP contribution is 2.31. The van der Waals surface area contributed by atoms with Crippen LogP contribution < -0.4 is 16.3 Å². The molecule has 174 valence electrons. The Bertz CT molecular complexity index is 1420. The Morgan fingerprint density at radius 1 is 1.24 bits per heavy atom. The van der Waals surface area contributed by atoms with Gasteiger partial charge in [-0.3, -0.25) is 9.36 Å². The van der Waals surface area contributed by atoms with Gasteiger partial charge in [0.15, 0.2) is 0 Å². The van der Waals surface area contributed by atoms with Crippen LogP contribution in [-0.2, 0) is 11.3 Å². The summed E-state index contributed by atoms with van der Waals surface area (Å²) in [5.41, 5.74) is 3.17. The molecule has 0 spiro atoms. The SMILES string of the molecule is O=C(Nc1cc(-c2ccc3[nH]c(=O)n(Cc4cccc(F)c4)c3c2)c(Cl)cn1)[C@@H]1CCCNC1. The number of pyridine rings is 1. The molecule has 1 amide bonds. The maximum atomic E-state index is 13.6. The van der Waals surface area contributed by atoms with Gasteiger partial charge in [0.05, 0.1) is 28.5 Å². The fourth-order valence-corrected chi connectivity index (χ4v) is 4.54. The predicted molar refractivity (Wildman–Crippen MR) is 131 cm³/mol. The monoisotopic (exact) mass is 479 g/mol. The second kappa shape index (κ2) is 9.40. The summed E-state index contributed by atoms with van der Waals surface area (Å²) in [4.78, 5) is 32.3. The van der Waals surface area contributed by atoms with Crippen LogP contribution in [0.15, 0.2) is 59.5 Å². The van der Waals surface area contributed by atoms with Crippen LogP contribution in [0.4, 0.5) is 10.2 Å². The Kier molecular flexibility index (Phi) is 6.17. The van der Waals surface area contributed by atoms with Crippen molar-refractivity contribution in [1.82, 2.24) is 19.9 Å². The summed E-state index contributed by atoms with van der Waals surface area (Å²) in [6, 6.07) is 13.4. The van der Waals surface area contributed by atoms with E-state index >= 15 is 0 Å². The van der Waals surface area contributed by atoms with Gasteiger partial charge < -0.3 is 15.6 Å². The average molecular weight is 480 g/mol. The molecule has 0 aliphatic carbocycles. The van der Waals surface area contributed by atoms with Crippen molar-refractivity contribution in [2.75, 3.05) is 18.4 Å². The van der Waals surface area contributed by atoms with E-state index < -0.39 is 0 Å². The summed E-state index contributed by atoms with van der Waals surface area (Å²) in [6.45, 7) is 1.80. The number of benzene rings is 2. The van der Waals surface area contributed by atoms with Crippen molar-refractivity contribution in [3.05, 3.63) is 81.6 Å². The molecule has 2 aromatic heterocycles. The Labute approximate surface area is 200 Å².